The van der Waals surface area contributed by atoms with Crippen LogP contribution in [0.3, 0.4) is 0 Å². The highest BCUT2D eigenvalue weighted by Crippen LogP contribution is 2.17. The van der Waals surface area contributed by atoms with Crippen molar-refractivity contribution in [2.75, 3.05) is 0 Å². The van der Waals surface area contributed by atoms with Crippen LogP contribution in [0.15, 0.2) is 18.2 Å². The molecule has 0 fully saturated rings. The average molecular weight is 172 g/mol. The summed E-state index contributed by atoms with van der Waals surface area (Å²) in [5, 5.41) is 0.629. The van der Waals surface area contributed by atoms with Gasteiger partial charge in [-0.2, -0.15) is 0 Å². The Labute approximate surface area is 71.0 Å². The summed E-state index contributed by atoms with van der Waals surface area (Å²) in [7, 11) is 0. The number of rotatable bonds is 2. The fourth-order valence-corrected chi connectivity index (χ4v) is 1.11. The van der Waals surface area contributed by atoms with E-state index in [2.05, 4.69) is 0 Å². The quantitative estimate of drug-likeness (QED) is 0.641. The molecule has 0 saturated heterocycles. The normalized spacial score (nSPS) is 10.1. The van der Waals surface area contributed by atoms with Crippen LogP contribution in [0.5, 0.6) is 0 Å². The first-order valence-corrected chi connectivity index (χ1v) is 3.83. The minimum Gasteiger partial charge on any atom is -0.207 e. The molecule has 59 valence electrons. The molecule has 1 aromatic carbocycles. The molecule has 0 aromatic heterocycles. The highest BCUT2D eigenvalue weighted by molar-refractivity contribution is 6.31. The Bertz CT molecular complexity index is 245. The first kappa shape index (κ1) is 8.54. The zero-order valence-corrected chi connectivity index (χ0v) is 7.03. The fourth-order valence-electron chi connectivity index (χ4n) is 0.920. The summed E-state index contributed by atoms with van der Waals surface area (Å²) < 4.78 is 12.6. The molecule has 2 heteroatoms. The number of benzene rings is 1. The monoisotopic (exact) mass is 171 g/mol. The summed E-state index contributed by atoms with van der Waals surface area (Å²) in [6, 6.07) is 4.40. The van der Waals surface area contributed by atoms with Crippen molar-refractivity contribution in [3.8, 4) is 0 Å². The van der Waals surface area contributed by atoms with Gasteiger partial charge >= 0.3 is 0 Å². The summed E-state index contributed by atoms with van der Waals surface area (Å²) in [6.45, 7) is 1.92. The molecule has 0 N–H and O–H groups in total. The van der Waals surface area contributed by atoms with E-state index in [0.29, 0.717) is 5.02 Å². The van der Waals surface area contributed by atoms with Crippen LogP contribution in [0.2, 0.25) is 5.02 Å². The van der Waals surface area contributed by atoms with E-state index in [0.717, 1.165) is 12.0 Å². The van der Waals surface area contributed by atoms with Crippen LogP contribution < -0.4 is 0 Å². The summed E-state index contributed by atoms with van der Waals surface area (Å²) in [5.41, 5.74) is 0.842. The van der Waals surface area contributed by atoms with Gasteiger partial charge in [-0.15, -0.1) is 0 Å². The predicted molar refractivity (Wildman–Crippen MR) is 45.1 cm³/mol. The summed E-state index contributed by atoms with van der Waals surface area (Å²) in [6.07, 6.45) is 2.66. The van der Waals surface area contributed by atoms with Gasteiger partial charge in [-0.25, -0.2) is 4.39 Å². The summed E-state index contributed by atoms with van der Waals surface area (Å²) >= 11 is 5.79. The Morgan fingerprint density at radius 2 is 2.27 bits per heavy atom. The molecule has 0 amide bonds. The van der Waals surface area contributed by atoms with Crippen LogP contribution in [0.4, 0.5) is 4.39 Å². The second-order valence-electron chi connectivity index (χ2n) is 2.35. The van der Waals surface area contributed by atoms with Gasteiger partial charge in [0.1, 0.15) is 5.82 Å². The third-order valence-corrected chi connectivity index (χ3v) is 1.80. The highest BCUT2D eigenvalue weighted by atomic mass is 35.5. The third-order valence-electron chi connectivity index (χ3n) is 1.43. The van der Waals surface area contributed by atoms with Crippen LogP contribution in [0, 0.1) is 12.2 Å². The van der Waals surface area contributed by atoms with Crippen molar-refractivity contribution >= 4 is 11.6 Å². The van der Waals surface area contributed by atoms with Crippen LogP contribution in [-0.4, -0.2) is 0 Å². The third kappa shape index (κ3) is 2.19. The number of hydrogen-bond acceptors (Lipinski definition) is 0. The van der Waals surface area contributed by atoms with Crippen molar-refractivity contribution < 1.29 is 4.39 Å². The number of hydrogen-bond donors (Lipinski definition) is 0. The minimum absolute atomic E-state index is 0.230. The van der Waals surface area contributed by atoms with Crippen LogP contribution in [0.25, 0.3) is 0 Å². The molecule has 1 radical (unpaired) electrons. The Kier molecular flexibility index (Phi) is 2.89. The lowest BCUT2D eigenvalue weighted by molar-refractivity contribution is 0.626. The number of halogens is 2. The van der Waals surface area contributed by atoms with E-state index < -0.39 is 0 Å². The second-order valence-corrected chi connectivity index (χ2v) is 2.76. The van der Waals surface area contributed by atoms with Gasteiger partial charge < -0.3 is 0 Å². The van der Waals surface area contributed by atoms with E-state index in [9.17, 15) is 4.39 Å². The maximum atomic E-state index is 12.6. The first-order chi connectivity index (χ1) is 5.24. The molecule has 1 aromatic rings. The van der Waals surface area contributed by atoms with Crippen molar-refractivity contribution in [3.05, 3.63) is 41.0 Å². The summed E-state index contributed by atoms with van der Waals surface area (Å²) in [4.78, 5) is 0. The molecule has 0 heterocycles. The largest absolute Gasteiger partial charge is 0.207 e. The Hall–Kier alpha value is -0.560. The van der Waals surface area contributed by atoms with Crippen molar-refractivity contribution in [1.29, 1.82) is 0 Å². The highest BCUT2D eigenvalue weighted by Gasteiger charge is 1.99. The summed E-state index contributed by atoms with van der Waals surface area (Å²) in [5.74, 6) is -0.230. The van der Waals surface area contributed by atoms with Crippen molar-refractivity contribution in [2.24, 2.45) is 0 Å². The Balaban J connectivity index is 2.93. The molecule has 0 nitrogen and oxygen atoms in total. The lowest BCUT2D eigenvalue weighted by Gasteiger charge is -2.00. The smallest absolute Gasteiger partial charge is 0.123 e. The van der Waals surface area contributed by atoms with Crippen LogP contribution in [-0.2, 0) is 6.42 Å². The lowest BCUT2D eigenvalue weighted by atomic mass is 10.1. The molecule has 0 aliphatic rings. The van der Waals surface area contributed by atoms with E-state index in [1.54, 1.807) is 6.07 Å². The molecule has 11 heavy (non-hydrogen) atoms. The van der Waals surface area contributed by atoms with Gasteiger partial charge in [-0.05, 0) is 36.6 Å². The molecule has 0 spiro atoms. The zero-order chi connectivity index (χ0) is 8.27. The Morgan fingerprint density at radius 1 is 1.55 bits per heavy atom. The van der Waals surface area contributed by atoms with Gasteiger partial charge in [0.25, 0.3) is 0 Å². The Morgan fingerprint density at radius 3 is 2.91 bits per heavy atom. The molecule has 0 saturated carbocycles. The van der Waals surface area contributed by atoms with E-state index in [-0.39, 0.29) is 5.82 Å². The first-order valence-electron chi connectivity index (χ1n) is 3.46. The van der Waals surface area contributed by atoms with E-state index in [4.69, 9.17) is 11.6 Å². The SMILES string of the molecule is C[CH]Cc1cc(F)ccc1Cl. The standard InChI is InChI=1S/C9H9ClF/c1-2-3-7-6-8(11)4-5-9(7)10/h2,4-6H,3H2,1H3. The predicted octanol–water partition coefficient (Wildman–Crippen LogP) is 3.25. The van der Waals surface area contributed by atoms with E-state index >= 15 is 0 Å². The van der Waals surface area contributed by atoms with Gasteiger partial charge in [0.15, 0.2) is 0 Å². The fraction of sp³-hybridized carbons (Fsp3) is 0.222. The van der Waals surface area contributed by atoms with Crippen molar-refractivity contribution in [1.82, 2.24) is 0 Å². The molecule has 0 aliphatic carbocycles. The van der Waals surface area contributed by atoms with Crippen molar-refractivity contribution in [3.63, 3.8) is 0 Å². The molecular weight excluding hydrogens is 163 g/mol. The lowest BCUT2D eigenvalue weighted by Crippen LogP contribution is -1.86. The van der Waals surface area contributed by atoms with Gasteiger partial charge in [-0.1, -0.05) is 18.5 Å². The maximum absolute atomic E-state index is 12.6. The molecule has 0 bridgehead atoms. The average Bonchev–Trinajstić information content (AvgIpc) is 1.98. The van der Waals surface area contributed by atoms with E-state index in [1.165, 1.54) is 12.1 Å². The van der Waals surface area contributed by atoms with Crippen LogP contribution >= 0.6 is 11.6 Å². The zero-order valence-electron chi connectivity index (χ0n) is 6.27. The molecular formula is C9H9ClF. The molecule has 0 atom stereocenters. The maximum Gasteiger partial charge on any atom is 0.123 e. The topological polar surface area (TPSA) is 0 Å². The molecule has 0 aliphatic heterocycles. The molecule has 0 unspecified atom stereocenters. The van der Waals surface area contributed by atoms with Crippen LogP contribution in [0.1, 0.15) is 12.5 Å². The van der Waals surface area contributed by atoms with Crippen molar-refractivity contribution in [2.45, 2.75) is 13.3 Å². The second kappa shape index (κ2) is 3.72. The minimum atomic E-state index is -0.230. The van der Waals surface area contributed by atoms with Gasteiger partial charge in [0, 0.05) is 5.02 Å². The van der Waals surface area contributed by atoms with Gasteiger partial charge in [-0.3, -0.25) is 0 Å². The molecule has 1 rings (SSSR count). The van der Waals surface area contributed by atoms with E-state index in [1.807, 2.05) is 13.3 Å². The van der Waals surface area contributed by atoms with Gasteiger partial charge in [0.05, 0.1) is 0 Å². The van der Waals surface area contributed by atoms with Gasteiger partial charge in [0.2, 0.25) is 0 Å².